The Morgan fingerprint density at radius 1 is 1.16 bits per heavy atom. The number of para-hydroxylation sites is 1. The van der Waals surface area contributed by atoms with Crippen molar-refractivity contribution in [2.75, 3.05) is 38.5 Å². The molecule has 25 heavy (non-hydrogen) atoms. The van der Waals surface area contributed by atoms with Crippen LogP contribution in [0, 0.1) is 0 Å². The highest BCUT2D eigenvalue weighted by atomic mass is 32.2. The summed E-state index contributed by atoms with van der Waals surface area (Å²) < 4.78 is 26.1. The maximum Gasteiger partial charge on any atom is 0.214 e. The Hall–Kier alpha value is -1.70. The molecule has 0 saturated carbocycles. The van der Waals surface area contributed by atoms with Gasteiger partial charge in [-0.25, -0.2) is 8.42 Å². The summed E-state index contributed by atoms with van der Waals surface area (Å²) in [5.41, 5.74) is 1.66. The molecular weight excluding hydrogens is 338 g/mol. The van der Waals surface area contributed by atoms with E-state index in [-0.39, 0.29) is 11.5 Å². The molecule has 0 radical (unpaired) electrons. The van der Waals surface area contributed by atoms with Crippen LogP contribution in [0.2, 0.25) is 0 Å². The Balaban J connectivity index is 1.58. The third-order valence-electron chi connectivity index (χ3n) is 4.74. The number of aromatic amines is 1. The van der Waals surface area contributed by atoms with Crippen LogP contribution in [0.5, 0.6) is 0 Å². The van der Waals surface area contributed by atoms with Crippen molar-refractivity contribution >= 4 is 26.7 Å². The number of fused-ring (bicyclic) bond motifs is 1. The lowest BCUT2D eigenvalue weighted by Crippen LogP contribution is -2.50. The Morgan fingerprint density at radius 3 is 2.60 bits per heavy atom. The number of Topliss-reactive ketones (excluding diaryl/α,β-unsaturated/α-hetero) is 1. The van der Waals surface area contributed by atoms with Crippen LogP contribution in [0.4, 0.5) is 0 Å². The second-order valence-electron chi connectivity index (χ2n) is 6.52. The number of sulfonamides is 1. The first-order chi connectivity index (χ1) is 12.0. The summed E-state index contributed by atoms with van der Waals surface area (Å²) in [6.45, 7) is 4.44. The van der Waals surface area contributed by atoms with Gasteiger partial charge in [0.25, 0.3) is 0 Å². The number of nitrogens with zero attached hydrogens (tertiary/aromatic N) is 2. The highest BCUT2D eigenvalue weighted by molar-refractivity contribution is 7.89. The number of unbranched alkanes of at least 4 members (excludes halogenated alkanes) is 1. The van der Waals surface area contributed by atoms with Crippen LogP contribution in [0.15, 0.2) is 30.5 Å². The van der Waals surface area contributed by atoms with Gasteiger partial charge in [-0.3, -0.25) is 9.69 Å². The number of carbonyl (C=O) groups excluding carboxylic acids is 1. The summed E-state index contributed by atoms with van der Waals surface area (Å²) in [6.07, 6.45) is 3.33. The van der Waals surface area contributed by atoms with Crippen molar-refractivity contribution in [2.45, 2.75) is 19.8 Å². The van der Waals surface area contributed by atoms with E-state index in [1.54, 1.807) is 10.5 Å². The van der Waals surface area contributed by atoms with Gasteiger partial charge in [0.2, 0.25) is 10.0 Å². The second-order valence-corrected chi connectivity index (χ2v) is 8.60. The Labute approximate surface area is 148 Å². The minimum atomic E-state index is -3.15. The van der Waals surface area contributed by atoms with E-state index in [0.717, 1.165) is 17.3 Å². The molecule has 1 aromatic carbocycles. The molecule has 1 aromatic heterocycles. The summed E-state index contributed by atoms with van der Waals surface area (Å²) in [4.78, 5) is 17.8. The molecule has 0 bridgehead atoms. The summed E-state index contributed by atoms with van der Waals surface area (Å²) >= 11 is 0. The monoisotopic (exact) mass is 363 g/mol. The fourth-order valence-electron chi connectivity index (χ4n) is 3.21. The lowest BCUT2D eigenvalue weighted by atomic mass is 10.1. The first kappa shape index (κ1) is 18.1. The molecular formula is C18H25N3O3S. The lowest BCUT2D eigenvalue weighted by Gasteiger charge is -2.33. The number of aromatic nitrogens is 1. The maximum absolute atomic E-state index is 12.6. The maximum atomic E-state index is 12.6. The first-order valence-electron chi connectivity index (χ1n) is 8.81. The van der Waals surface area contributed by atoms with Crippen LogP contribution in [0.25, 0.3) is 10.9 Å². The fraction of sp³-hybridized carbons (Fsp3) is 0.500. The molecule has 2 aromatic rings. The average Bonchev–Trinajstić information content (AvgIpc) is 3.05. The molecule has 2 heterocycles. The van der Waals surface area contributed by atoms with E-state index in [0.29, 0.717) is 44.7 Å². The fourth-order valence-corrected chi connectivity index (χ4v) is 4.84. The largest absolute Gasteiger partial charge is 0.360 e. The highest BCUT2D eigenvalue weighted by Gasteiger charge is 2.27. The molecule has 7 heteroatoms. The number of piperazine rings is 1. The Morgan fingerprint density at radius 2 is 1.88 bits per heavy atom. The van der Waals surface area contributed by atoms with Crippen molar-refractivity contribution in [1.82, 2.24) is 14.2 Å². The van der Waals surface area contributed by atoms with E-state index >= 15 is 0 Å². The van der Waals surface area contributed by atoms with E-state index in [2.05, 4.69) is 4.98 Å². The molecule has 136 valence electrons. The predicted molar refractivity (Wildman–Crippen MR) is 99.3 cm³/mol. The summed E-state index contributed by atoms with van der Waals surface area (Å²) in [6, 6.07) is 7.75. The molecule has 1 saturated heterocycles. The number of H-pyrrole nitrogens is 1. The minimum absolute atomic E-state index is 0.0692. The van der Waals surface area contributed by atoms with E-state index in [4.69, 9.17) is 0 Å². The van der Waals surface area contributed by atoms with E-state index in [1.807, 2.05) is 36.1 Å². The third-order valence-corrected chi connectivity index (χ3v) is 6.69. The number of ketones is 1. The molecule has 1 N–H and O–H groups in total. The number of rotatable bonds is 7. The Bertz CT molecular complexity index is 836. The van der Waals surface area contributed by atoms with Gasteiger partial charge in [0, 0.05) is 48.8 Å². The van der Waals surface area contributed by atoms with Crippen LogP contribution >= 0.6 is 0 Å². The van der Waals surface area contributed by atoms with Gasteiger partial charge in [0.05, 0.1) is 12.3 Å². The summed E-state index contributed by atoms with van der Waals surface area (Å²) in [5.74, 6) is 0.289. The topological polar surface area (TPSA) is 73.5 Å². The number of hydrogen-bond acceptors (Lipinski definition) is 4. The van der Waals surface area contributed by atoms with Crippen molar-refractivity contribution in [3.63, 3.8) is 0 Å². The zero-order chi connectivity index (χ0) is 17.9. The lowest BCUT2D eigenvalue weighted by molar-refractivity contribution is 0.0903. The summed E-state index contributed by atoms with van der Waals surface area (Å²) in [5, 5.41) is 0.938. The minimum Gasteiger partial charge on any atom is -0.360 e. The van der Waals surface area contributed by atoms with E-state index in [1.165, 1.54) is 0 Å². The predicted octanol–water partition coefficient (Wildman–Crippen LogP) is 2.10. The molecule has 0 atom stereocenters. The smallest absolute Gasteiger partial charge is 0.214 e. The highest BCUT2D eigenvalue weighted by Crippen LogP contribution is 2.19. The van der Waals surface area contributed by atoms with Gasteiger partial charge in [-0.2, -0.15) is 4.31 Å². The first-order valence-corrected chi connectivity index (χ1v) is 10.4. The van der Waals surface area contributed by atoms with Crippen LogP contribution in [0.1, 0.15) is 30.1 Å². The van der Waals surface area contributed by atoms with Gasteiger partial charge in [-0.15, -0.1) is 0 Å². The number of carbonyl (C=O) groups is 1. The van der Waals surface area contributed by atoms with Gasteiger partial charge in [0.1, 0.15) is 0 Å². The molecule has 6 nitrogen and oxygen atoms in total. The number of hydrogen-bond donors (Lipinski definition) is 1. The summed E-state index contributed by atoms with van der Waals surface area (Å²) in [7, 11) is -3.15. The van der Waals surface area contributed by atoms with Gasteiger partial charge >= 0.3 is 0 Å². The molecule has 3 rings (SSSR count). The zero-order valence-electron chi connectivity index (χ0n) is 14.6. The number of benzene rings is 1. The molecule has 0 unspecified atom stereocenters. The average molecular weight is 363 g/mol. The van der Waals surface area contributed by atoms with Crippen LogP contribution in [-0.2, 0) is 10.0 Å². The molecule has 0 aliphatic carbocycles. The normalized spacial score (nSPS) is 17.2. The SMILES string of the molecule is CCCCS(=O)(=O)N1CCN(CC(=O)c2c[nH]c3ccccc23)CC1. The van der Waals surface area contributed by atoms with Crippen LogP contribution in [0.3, 0.4) is 0 Å². The second kappa shape index (κ2) is 7.68. The third kappa shape index (κ3) is 4.11. The van der Waals surface area contributed by atoms with Gasteiger partial charge in [0.15, 0.2) is 5.78 Å². The Kier molecular flexibility index (Phi) is 5.56. The standard InChI is InChI=1S/C18H25N3O3S/c1-2-3-12-25(23,24)21-10-8-20(9-11-21)14-18(22)16-13-19-17-7-5-4-6-15(16)17/h4-7,13,19H,2-3,8-12,14H2,1H3. The molecule has 1 fully saturated rings. The van der Waals surface area contributed by atoms with Crippen molar-refractivity contribution in [3.05, 3.63) is 36.0 Å². The molecule has 0 spiro atoms. The van der Waals surface area contributed by atoms with E-state index in [9.17, 15) is 13.2 Å². The van der Waals surface area contributed by atoms with Gasteiger partial charge in [-0.05, 0) is 12.5 Å². The van der Waals surface area contributed by atoms with Crippen LogP contribution < -0.4 is 0 Å². The van der Waals surface area contributed by atoms with Crippen molar-refractivity contribution in [2.24, 2.45) is 0 Å². The van der Waals surface area contributed by atoms with Crippen LogP contribution in [-0.4, -0.2) is 66.9 Å². The van der Waals surface area contributed by atoms with Crippen molar-refractivity contribution < 1.29 is 13.2 Å². The molecule has 0 amide bonds. The van der Waals surface area contributed by atoms with Crippen molar-refractivity contribution in [3.8, 4) is 0 Å². The molecule has 1 aliphatic heterocycles. The van der Waals surface area contributed by atoms with Gasteiger partial charge in [-0.1, -0.05) is 31.5 Å². The molecule has 1 aliphatic rings. The quantitative estimate of drug-likeness (QED) is 0.765. The van der Waals surface area contributed by atoms with Gasteiger partial charge < -0.3 is 4.98 Å². The zero-order valence-corrected chi connectivity index (χ0v) is 15.4. The van der Waals surface area contributed by atoms with Crippen molar-refractivity contribution in [1.29, 1.82) is 0 Å². The van der Waals surface area contributed by atoms with E-state index < -0.39 is 10.0 Å². The number of nitrogens with one attached hydrogen (secondary N) is 1.